The fraction of sp³-hybridized carbons (Fsp3) is 0.724. The Bertz CT molecular complexity index is 635. The van der Waals surface area contributed by atoms with Crippen molar-refractivity contribution >= 4 is 0 Å². The molecule has 0 unspecified atom stereocenters. The molecule has 30 heavy (non-hydrogen) atoms. The van der Waals surface area contributed by atoms with Crippen LogP contribution in [0, 0.1) is 41.3 Å². The van der Waals surface area contributed by atoms with Crippen molar-refractivity contribution in [2.75, 3.05) is 0 Å². The summed E-state index contributed by atoms with van der Waals surface area (Å²) in [6, 6.07) is 7.10. The second-order valence-electron chi connectivity index (χ2n) is 11.0. The first-order valence-electron chi connectivity index (χ1n) is 13.1. The molecule has 1 heteroatoms. The average molecular weight is 411 g/mol. The van der Waals surface area contributed by atoms with Gasteiger partial charge in [-0.15, -0.1) is 0 Å². The molecule has 0 aromatic heterocycles. The van der Waals surface area contributed by atoms with E-state index in [2.05, 4.69) is 19.1 Å². The molecule has 3 saturated carbocycles. The van der Waals surface area contributed by atoms with Crippen LogP contribution in [-0.4, -0.2) is 0 Å². The maximum atomic E-state index is 13.0. The van der Waals surface area contributed by atoms with Crippen molar-refractivity contribution in [3.63, 3.8) is 0 Å². The maximum absolute atomic E-state index is 13.0. The number of benzene rings is 1. The molecule has 0 nitrogen and oxygen atoms in total. The molecule has 3 aliphatic carbocycles. The van der Waals surface area contributed by atoms with Gasteiger partial charge in [-0.05, 0) is 130 Å². The number of aryl methyl sites for hydroxylation is 1. The normalized spacial score (nSPS) is 35.5. The molecule has 0 heterocycles. The van der Waals surface area contributed by atoms with E-state index in [1.807, 2.05) is 12.1 Å². The van der Waals surface area contributed by atoms with Crippen LogP contribution in [0.1, 0.15) is 96.0 Å². The minimum Gasteiger partial charge on any atom is -0.207 e. The first-order chi connectivity index (χ1) is 14.7. The lowest BCUT2D eigenvalue weighted by Crippen LogP contribution is -2.24. The molecular formula is C29H43F. The quantitative estimate of drug-likeness (QED) is 0.411. The van der Waals surface area contributed by atoms with Gasteiger partial charge < -0.3 is 0 Å². The minimum absolute atomic E-state index is 0.122. The van der Waals surface area contributed by atoms with Gasteiger partial charge in [0.2, 0.25) is 0 Å². The first kappa shape index (κ1) is 22.1. The van der Waals surface area contributed by atoms with Gasteiger partial charge in [-0.1, -0.05) is 44.1 Å². The Morgan fingerprint density at radius 3 is 1.77 bits per heavy atom. The van der Waals surface area contributed by atoms with Crippen LogP contribution in [0.15, 0.2) is 36.4 Å². The van der Waals surface area contributed by atoms with E-state index in [1.165, 1.54) is 89.0 Å². The smallest absolute Gasteiger partial charge is 0.123 e. The van der Waals surface area contributed by atoms with Crippen LogP contribution in [0.2, 0.25) is 0 Å². The molecule has 166 valence electrons. The summed E-state index contributed by atoms with van der Waals surface area (Å²) in [5.74, 6) is 5.51. The number of allylic oxidation sites excluding steroid dienone is 2. The predicted octanol–water partition coefficient (Wildman–Crippen LogP) is 8.75. The van der Waals surface area contributed by atoms with Gasteiger partial charge in [-0.3, -0.25) is 0 Å². The lowest BCUT2D eigenvalue weighted by molar-refractivity contribution is 0.160. The van der Waals surface area contributed by atoms with Crippen molar-refractivity contribution in [2.24, 2.45) is 35.5 Å². The van der Waals surface area contributed by atoms with E-state index in [9.17, 15) is 4.39 Å². The summed E-state index contributed by atoms with van der Waals surface area (Å²) in [7, 11) is 0. The summed E-state index contributed by atoms with van der Waals surface area (Å²) in [6.45, 7) is 2.44. The van der Waals surface area contributed by atoms with Crippen LogP contribution in [0.4, 0.5) is 4.39 Å². The van der Waals surface area contributed by atoms with Gasteiger partial charge in [0.1, 0.15) is 5.82 Å². The largest absolute Gasteiger partial charge is 0.207 e. The van der Waals surface area contributed by atoms with Gasteiger partial charge in [0.25, 0.3) is 0 Å². The Hall–Kier alpha value is -1.11. The molecule has 3 fully saturated rings. The second kappa shape index (κ2) is 11.0. The molecule has 0 saturated heterocycles. The SMILES string of the molecule is C[C@H]1CC[C@H](C2CCC(/C=C/[C@H]3CC[C@H](CCc4ccc(F)cc4)CC3)CC2)CC1. The van der Waals surface area contributed by atoms with Crippen LogP contribution in [0.5, 0.6) is 0 Å². The highest BCUT2D eigenvalue weighted by molar-refractivity contribution is 5.16. The number of halogens is 1. The van der Waals surface area contributed by atoms with Crippen molar-refractivity contribution < 1.29 is 4.39 Å². The summed E-state index contributed by atoms with van der Waals surface area (Å²) < 4.78 is 13.0. The van der Waals surface area contributed by atoms with E-state index in [0.717, 1.165) is 41.9 Å². The third kappa shape index (κ3) is 6.44. The van der Waals surface area contributed by atoms with E-state index in [4.69, 9.17) is 0 Å². The second-order valence-corrected chi connectivity index (χ2v) is 11.0. The zero-order chi connectivity index (χ0) is 20.8. The van der Waals surface area contributed by atoms with Crippen LogP contribution >= 0.6 is 0 Å². The topological polar surface area (TPSA) is 0 Å². The summed E-state index contributed by atoms with van der Waals surface area (Å²) in [4.78, 5) is 0. The van der Waals surface area contributed by atoms with Gasteiger partial charge >= 0.3 is 0 Å². The Labute approximate surface area is 184 Å². The molecule has 0 bridgehead atoms. The highest BCUT2D eigenvalue weighted by Crippen LogP contribution is 2.42. The van der Waals surface area contributed by atoms with Crippen molar-refractivity contribution in [3.05, 3.63) is 47.8 Å². The molecule has 0 spiro atoms. The van der Waals surface area contributed by atoms with E-state index in [0.29, 0.717) is 0 Å². The molecule has 1 aromatic rings. The molecular weight excluding hydrogens is 367 g/mol. The average Bonchev–Trinajstić information content (AvgIpc) is 2.79. The van der Waals surface area contributed by atoms with Crippen molar-refractivity contribution in [3.8, 4) is 0 Å². The molecule has 1 aromatic carbocycles. The Morgan fingerprint density at radius 2 is 1.20 bits per heavy atom. The van der Waals surface area contributed by atoms with Gasteiger partial charge in [0.15, 0.2) is 0 Å². The third-order valence-corrected chi connectivity index (χ3v) is 8.85. The highest BCUT2D eigenvalue weighted by Gasteiger charge is 2.29. The number of hydrogen-bond acceptors (Lipinski definition) is 0. The van der Waals surface area contributed by atoms with E-state index in [1.54, 1.807) is 12.1 Å². The Kier molecular flexibility index (Phi) is 8.07. The van der Waals surface area contributed by atoms with E-state index >= 15 is 0 Å². The van der Waals surface area contributed by atoms with Gasteiger partial charge in [0, 0.05) is 0 Å². The summed E-state index contributed by atoms with van der Waals surface area (Å²) in [5.41, 5.74) is 1.29. The molecule has 3 aliphatic rings. The van der Waals surface area contributed by atoms with Crippen LogP contribution in [-0.2, 0) is 6.42 Å². The van der Waals surface area contributed by atoms with E-state index in [-0.39, 0.29) is 5.82 Å². The monoisotopic (exact) mass is 410 g/mol. The van der Waals surface area contributed by atoms with Crippen molar-refractivity contribution in [1.82, 2.24) is 0 Å². The minimum atomic E-state index is -0.122. The predicted molar refractivity (Wildman–Crippen MR) is 126 cm³/mol. The standard InChI is InChI=1S/C29H43F/c1-22-2-16-27(17-3-22)28-18-12-25(13-19-28)10-8-23-4-6-24(7-5-23)9-11-26-14-20-29(30)21-15-26/h8,10,14-15,20-25,27-28H,2-7,9,11-13,16-19H2,1H3/b10-8+/t22-,23-,24-,25?,27-,28?. The number of rotatable bonds is 6. The summed E-state index contributed by atoms with van der Waals surface area (Å²) in [6.07, 6.45) is 25.0. The molecule has 0 aliphatic heterocycles. The highest BCUT2D eigenvalue weighted by atomic mass is 19.1. The Balaban J connectivity index is 1.12. The number of hydrogen-bond donors (Lipinski definition) is 0. The van der Waals surface area contributed by atoms with Crippen LogP contribution in [0.3, 0.4) is 0 Å². The molecule has 0 amide bonds. The molecule has 0 N–H and O–H groups in total. The van der Waals surface area contributed by atoms with Gasteiger partial charge in [0.05, 0.1) is 0 Å². The third-order valence-electron chi connectivity index (χ3n) is 8.85. The Morgan fingerprint density at radius 1 is 0.700 bits per heavy atom. The van der Waals surface area contributed by atoms with Gasteiger partial charge in [-0.2, -0.15) is 0 Å². The molecule has 0 radical (unpaired) electrons. The lowest BCUT2D eigenvalue weighted by Gasteiger charge is -2.36. The first-order valence-corrected chi connectivity index (χ1v) is 13.1. The fourth-order valence-corrected chi connectivity index (χ4v) is 6.57. The lowest BCUT2D eigenvalue weighted by atomic mass is 9.69. The zero-order valence-corrected chi connectivity index (χ0v) is 19.2. The zero-order valence-electron chi connectivity index (χ0n) is 19.2. The molecule has 0 atom stereocenters. The van der Waals surface area contributed by atoms with Crippen molar-refractivity contribution in [2.45, 2.75) is 96.8 Å². The van der Waals surface area contributed by atoms with E-state index < -0.39 is 0 Å². The molecule has 4 rings (SSSR count). The summed E-state index contributed by atoms with van der Waals surface area (Å²) in [5, 5.41) is 0. The van der Waals surface area contributed by atoms with Crippen LogP contribution in [0.25, 0.3) is 0 Å². The fourth-order valence-electron chi connectivity index (χ4n) is 6.57. The van der Waals surface area contributed by atoms with Gasteiger partial charge in [-0.25, -0.2) is 4.39 Å². The maximum Gasteiger partial charge on any atom is 0.123 e. The van der Waals surface area contributed by atoms with Crippen LogP contribution < -0.4 is 0 Å². The summed E-state index contributed by atoms with van der Waals surface area (Å²) >= 11 is 0. The van der Waals surface area contributed by atoms with Crippen molar-refractivity contribution in [1.29, 1.82) is 0 Å².